The smallest absolute Gasteiger partial charge is 0.258 e. The number of nitrogens with zero attached hydrogens (tertiary/aromatic N) is 2. The first-order valence-corrected chi connectivity index (χ1v) is 9.15. The minimum absolute atomic E-state index is 0.0939. The first-order valence-electron chi connectivity index (χ1n) is 9.15. The number of carbonyl (C=O) groups excluding carboxylic acids is 2. The minimum atomic E-state index is -0.168. The van der Waals surface area contributed by atoms with Gasteiger partial charge in [0, 0.05) is 48.8 Å². The van der Waals surface area contributed by atoms with Gasteiger partial charge in [-0.15, -0.1) is 0 Å². The van der Waals surface area contributed by atoms with Crippen molar-refractivity contribution in [3.63, 3.8) is 0 Å². The largest absolute Gasteiger partial charge is 0.358 e. The molecule has 1 aliphatic heterocycles. The van der Waals surface area contributed by atoms with Gasteiger partial charge in [0.15, 0.2) is 0 Å². The van der Waals surface area contributed by atoms with Gasteiger partial charge in [0.25, 0.3) is 11.8 Å². The molecule has 0 aromatic heterocycles. The molecule has 0 spiro atoms. The van der Waals surface area contributed by atoms with Crippen LogP contribution in [0.25, 0.3) is 5.57 Å². The molecule has 1 heterocycles. The van der Waals surface area contributed by atoms with E-state index in [2.05, 4.69) is 27.7 Å². The second kappa shape index (κ2) is 7.86. The summed E-state index contributed by atoms with van der Waals surface area (Å²) in [4.78, 5) is 28.5. The number of hydrogen-bond donors (Lipinski definition) is 2. The molecule has 6 heteroatoms. The van der Waals surface area contributed by atoms with Gasteiger partial charge in [0.05, 0.1) is 5.57 Å². The van der Waals surface area contributed by atoms with E-state index in [-0.39, 0.29) is 11.8 Å². The molecule has 2 N–H and O–H groups in total. The highest BCUT2D eigenvalue weighted by molar-refractivity contribution is 6.32. The fraction of sp³-hybridized carbons (Fsp3) is 0.273. The Morgan fingerprint density at radius 2 is 1.71 bits per heavy atom. The molecule has 0 saturated carbocycles. The fourth-order valence-electron chi connectivity index (χ4n) is 3.27. The molecular weight excluding hydrogens is 352 g/mol. The second-order valence-corrected chi connectivity index (χ2v) is 7.47. The van der Waals surface area contributed by atoms with E-state index in [1.165, 1.54) is 10.5 Å². The van der Waals surface area contributed by atoms with Crippen molar-refractivity contribution < 1.29 is 9.59 Å². The summed E-state index contributed by atoms with van der Waals surface area (Å²) < 4.78 is 0. The van der Waals surface area contributed by atoms with Crippen LogP contribution in [0.2, 0.25) is 0 Å². The van der Waals surface area contributed by atoms with Crippen LogP contribution in [0.4, 0.5) is 11.4 Å². The monoisotopic (exact) mass is 378 g/mol. The minimum Gasteiger partial charge on any atom is -0.358 e. The van der Waals surface area contributed by atoms with Crippen LogP contribution in [-0.4, -0.2) is 49.8 Å². The van der Waals surface area contributed by atoms with Gasteiger partial charge in [0.1, 0.15) is 0 Å². The summed E-state index contributed by atoms with van der Waals surface area (Å²) in [6.45, 7) is 2.75. The maximum absolute atomic E-state index is 12.5. The van der Waals surface area contributed by atoms with Crippen LogP contribution >= 0.6 is 0 Å². The third-order valence-electron chi connectivity index (χ3n) is 4.58. The lowest BCUT2D eigenvalue weighted by Crippen LogP contribution is -2.21. The van der Waals surface area contributed by atoms with E-state index in [0.29, 0.717) is 11.1 Å². The number of nitrogens with one attached hydrogen (secondary N) is 2. The lowest BCUT2D eigenvalue weighted by Gasteiger charge is -2.13. The van der Waals surface area contributed by atoms with Crippen LogP contribution in [0, 0.1) is 0 Å². The van der Waals surface area contributed by atoms with Crippen LogP contribution in [0.3, 0.4) is 0 Å². The van der Waals surface area contributed by atoms with E-state index in [9.17, 15) is 9.59 Å². The number of fused-ring (bicyclic) bond motifs is 1. The third kappa shape index (κ3) is 4.07. The van der Waals surface area contributed by atoms with Gasteiger partial charge >= 0.3 is 0 Å². The van der Waals surface area contributed by atoms with Gasteiger partial charge in [0.2, 0.25) is 0 Å². The van der Waals surface area contributed by atoms with Crippen molar-refractivity contribution >= 4 is 28.8 Å². The van der Waals surface area contributed by atoms with E-state index >= 15 is 0 Å². The van der Waals surface area contributed by atoms with Gasteiger partial charge in [-0.05, 0) is 56.9 Å². The Labute approximate surface area is 165 Å². The Balaban J connectivity index is 1.90. The zero-order valence-electron chi connectivity index (χ0n) is 17.0. The van der Waals surface area contributed by atoms with E-state index < -0.39 is 0 Å². The highest BCUT2D eigenvalue weighted by atomic mass is 16.2. The summed E-state index contributed by atoms with van der Waals surface area (Å²) in [5.74, 6) is -0.262. The summed E-state index contributed by atoms with van der Waals surface area (Å²) in [6, 6.07) is 13.4. The standard InChI is InChI=1S/C22H26N4O2/c1-14(23-17-9-6-15(7-10-17)13-25(2)3)20-18-12-16(22(28)26(4)5)8-11-19(18)24-21(20)27/h6-12,23H,13H2,1-5H3,(H,24,27)/b20-14-. The first-order chi connectivity index (χ1) is 13.3. The molecule has 28 heavy (non-hydrogen) atoms. The molecule has 6 nitrogen and oxygen atoms in total. The average molecular weight is 378 g/mol. The lowest BCUT2D eigenvalue weighted by atomic mass is 10.0. The highest BCUT2D eigenvalue weighted by Gasteiger charge is 2.27. The zero-order valence-corrected chi connectivity index (χ0v) is 17.0. The molecule has 0 atom stereocenters. The highest BCUT2D eigenvalue weighted by Crippen LogP contribution is 2.35. The van der Waals surface area contributed by atoms with E-state index in [1.54, 1.807) is 32.3 Å². The normalized spacial score (nSPS) is 14.6. The number of rotatable bonds is 5. The number of allylic oxidation sites excluding steroid dienone is 1. The summed E-state index contributed by atoms with van der Waals surface area (Å²) in [5.41, 5.74) is 5.45. The van der Waals surface area contributed by atoms with Gasteiger partial charge in [-0.1, -0.05) is 12.1 Å². The van der Waals surface area contributed by atoms with E-state index in [4.69, 9.17) is 0 Å². The fourth-order valence-corrected chi connectivity index (χ4v) is 3.27. The molecule has 0 unspecified atom stereocenters. The van der Waals surface area contributed by atoms with Crippen LogP contribution < -0.4 is 10.6 Å². The molecule has 0 radical (unpaired) electrons. The second-order valence-electron chi connectivity index (χ2n) is 7.47. The number of anilines is 2. The molecule has 0 bridgehead atoms. The summed E-state index contributed by atoms with van der Waals surface area (Å²) in [5, 5.41) is 6.19. The molecule has 0 saturated heterocycles. The number of benzene rings is 2. The first kappa shape index (κ1) is 19.6. The topological polar surface area (TPSA) is 64.7 Å². The van der Waals surface area contributed by atoms with Crippen molar-refractivity contribution in [2.24, 2.45) is 0 Å². The Morgan fingerprint density at radius 3 is 2.32 bits per heavy atom. The van der Waals surface area contributed by atoms with Crippen LogP contribution in [0.1, 0.15) is 28.4 Å². The molecule has 146 valence electrons. The van der Waals surface area contributed by atoms with Crippen LogP contribution in [0.5, 0.6) is 0 Å². The lowest BCUT2D eigenvalue weighted by molar-refractivity contribution is -0.110. The Kier molecular flexibility index (Phi) is 5.51. The van der Waals surface area contributed by atoms with Crippen molar-refractivity contribution in [3.05, 3.63) is 64.9 Å². The Morgan fingerprint density at radius 1 is 1.04 bits per heavy atom. The predicted molar refractivity (Wildman–Crippen MR) is 113 cm³/mol. The number of amides is 2. The molecule has 0 aliphatic carbocycles. The molecule has 1 aliphatic rings. The van der Waals surface area contributed by atoms with Gasteiger partial charge in [-0.2, -0.15) is 0 Å². The van der Waals surface area contributed by atoms with Crippen molar-refractivity contribution in [1.82, 2.24) is 9.80 Å². The predicted octanol–water partition coefficient (Wildman–Crippen LogP) is 3.25. The molecule has 0 fully saturated rings. The zero-order chi connectivity index (χ0) is 20.4. The Hall–Kier alpha value is -3.12. The average Bonchev–Trinajstić information content (AvgIpc) is 2.97. The summed E-state index contributed by atoms with van der Waals surface area (Å²) in [7, 11) is 7.49. The Bertz CT molecular complexity index is 944. The number of hydrogen-bond acceptors (Lipinski definition) is 4. The molecule has 2 aromatic rings. The van der Waals surface area contributed by atoms with E-state index in [0.717, 1.165) is 29.2 Å². The quantitative estimate of drug-likeness (QED) is 0.784. The van der Waals surface area contributed by atoms with Crippen molar-refractivity contribution in [3.8, 4) is 0 Å². The van der Waals surface area contributed by atoms with Gasteiger partial charge in [-0.3, -0.25) is 9.59 Å². The summed E-state index contributed by atoms with van der Waals surface area (Å²) in [6.07, 6.45) is 0. The van der Waals surface area contributed by atoms with Crippen LogP contribution in [-0.2, 0) is 11.3 Å². The van der Waals surface area contributed by atoms with Crippen LogP contribution in [0.15, 0.2) is 48.2 Å². The van der Waals surface area contributed by atoms with E-state index in [1.807, 2.05) is 33.2 Å². The van der Waals surface area contributed by atoms with Crippen molar-refractivity contribution in [1.29, 1.82) is 0 Å². The molecule has 2 amide bonds. The SMILES string of the molecule is C/C(Nc1ccc(CN(C)C)cc1)=C1/C(=O)Nc2ccc(C(=O)N(C)C)cc21. The number of carbonyl (C=O) groups is 2. The molecule has 3 rings (SSSR count). The maximum atomic E-state index is 12.5. The van der Waals surface area contributed by atoms with Crippen molar-refractivity contribution in [2.75, 3.05) is 38.8 Å². The third-order valence-corrected chi connectivity index (χ3v) is 4.58. The van der Waals surface area contributed by atoms with Gasteiger partial charge < -0.3 is 20.4 Å². The summed E-state index contributed by atoms with van der Waals surface area (Å²) >= 11 is 0. The molecule has 2 aromatic carbocycles. The maximum Gasteiger partial charge on any atom is 0.258 e. The molecular formula is C22H26N4O2. The van der Waals surface area contributed by atoms with Gasteiger partial charge in [-0.25, -0.2) is 0 Å². The van der Waals surface area contributed by atoms with Crippen molar-refractivity contribution in [2.45, 2.75) is 13.5 Å².